The molecule has 1 atom stereocenters. The second-order valence-corrected chi connectivity index (χ2v) is 6.20. The second kappa shape index (κ2) is 6.86. The molecule has 0 spiro atoms. The summed E-state index contributed by atoms with van der Waals surface area (Å²) < 4.78 is 2.31. The van der Waals surface area contributed by atoms with Crippen LogP contribution < -0.4 is 11.2 Å². The molecular weight excluding hydrogens is 306 g/mol. The van der Waals surface area contributed by atoms with Gasteiger partial charge in [-0.1, -0.05) is 30.3 Å². The van der Waals surface area contributed by atoms with Crippen molar-refractivity contribution in [3.8, 4) is 0 Å². The predicted octanol–water partition coefficient (Wildman–Crippen LogP) is 0.781. The van der Waals surface area contributed by atoms with Crippen LogP contribution in [0.1, 0.15) is 18.4 Å². The van der Waals surface area contributed by atoms with E-state index in [4.69, 9.17) is 0 Å². The van der Waals surface area contributed by atoms with Crippen LogP contribution >= 0.6 is 0 Å². The van der Waals surface area contributed by atoms with Crippen LogP contribution in [0.15, 0.2) is 52.2 Å². The lowest BCUT2D eigenvalue weighted by Crippen LogP contribution is -2.43. The highest BCUT2D eigenvalue weighted by atomic mass is 16.2. The van der Waals surface area contributed by atoms with Crippen LogP contribution in [-0.2, 0) is 24.8 Å². The maximum absolute atomic E-state index is 12.6. The van der Waals surface area contributed by atoms with Crippen molar-refractivity contribution in [1.82, 2.24) is 14.0 Å². The smallest absolute Gasteiger partial charge is 0.331 e. The molecule has 0 unspecified atom stereocenters. The molecule has 1 fully saturated rings. The number of rotatable bonds is 4. The third kappa shape index (κ3) is 3.32. The SMILES string of the molecule is Cn1c(=O)ccn(CC(=O)N2CCC[C@H]2Cc2ccccc2)c1=O. The van der Waals surface area contributed by atoms with E-state index in [1.165, 1.54) is 29.4 Å². The molecule has 1 aliphatic heterocycles. The number of benzene rings is 1. The normalized spacial score (nSPS) is 17.2. The number of likely N-dealkylation sites (tertiary alicyclic amines) is 1. The Bertz CT molecular complexity index is 839. The van der Waals surface area contributed by atoms with Gasteiger partial charge in [0.2, 0.25) is 5.91 Å². The number of aromatic nitrogens is 2. The Morgan fingerprint density at radius 3 is 2.67 bits per heavy atom. The van der Waals surface area contributed by atoms with Gasteiger partial charge in [-0.2, -0.15) is 0 Å². The third-order valence-electron chi connectivity index (χ3n) is 4.58. The van der Waals surface area contributed by atoms with Gasteiger partial charge in [-0.15, -0.1) is 0 Å². The van der Waals surface area contributed by atoms with E-state index in [1.54, 1.807) is 0 Å². The van der Waals surface area contributed by atoms with E-state index in [2.05, 4.69) is 12.1 Å². The van der Waals surface area contributed by atoms with Crippen LogP contribution in [0.4, 0.5) is 0 Å². The van der Waals surface area contributed by atoms with Gasteiger partial charge in [0.15, 0.2) is 0 Å². The van der Waals surface area contributed by atoms with Crippen LogP contribution in [0, 0.1) is 0 Å². The highest BCUT2D eigenvalue weighted by Gasteiger charge is 2.28. The van der Waals surface area contributed by atoms with Crippen molar-refractivity contribution < 1.29 is 4.79 Å². The summed E-state index contributed by atoms with van der Waals surface area (Å²) in [5.41, 5.74) is 0.378. The van der Waals surface area contributed by atoms with Crippen LogP contribution in [-0.4, -0.2) is 32.5 Å². The van der Waals surface area contributed by atoms with Gasteiger partial charge >= 0.3 is 5.69 Å². The summed E-state index contributed by atoms with van der Waals surface area (Å²) in [6.45, 7) is 0.690. The fourth-order valence-corrected chi connectivity index (χ4v) is 3.24. The average Bonchev–Trinajstić information content (AvgIpc) is 3.04. The molecule has 6 nitrogen and oxygen atoms in total. The molecule has 0 N–H and O–H groups in total. The van der Waals surface area contributed by atoms with Gasteiger partial charge < -0.3 is 4.90 Å². The summed E-state index contributed by atoms with van der Waals surface area (Å²) in [4.78, 5) is 38.0. The molecule has 1 aromatic heterocycles. The van der Waals surface area contributed by atoms with E-state index < -0.39 is 5.69 Å². The van der Waals surface area contributed by atoms with Gasteiger partial charge in [-0.25, -0.2) is 4.79 Å². The lowest BCUT2D eigenvalue weighted by atomic mass is 10.0. The highest BCUT2D eigenvalue weighted by Crippen LogP contribution is 2.21. The number of amides is 1. The minimum Gasteiger partial charge on any atom is -0.338 e. The van der Waals surface area contributed by atoms with E-state index in [9.17, 15) is 14.4 Å². The van der Waals surface area contributed by atoms with E-state index in [1.807, 2.05) is 23.1 Å². The maximum Gasteiger partial charge on any atom is 0.331 e. The number of hydrogen-bond acceptors (Lipinski definition) is 3. The van der Waals surface area contributed by atoms with Gasteiger partial charge in [-0.05, 0) is 24.8 Å². The first-order chi connectivity index (χ1) is 11.6. The Hall–Kier alpha value is -2.63. The van der Waals surface area contributed by atoms with Crippen LogP contribution in [0.25, 0.3) is 0 Å². The first-order valence-corrected chi connectivity index (χ1v) is 8.16. The average molecular weight is 327 g/mol. The quantitative estimate of drug-likeness (QED) is 0.834. The Morgan fingerprint density at radius 1 is 1.17 bits per heavy atom. The van der Waals surface area contributed by atoms with E-state index in [-0.39, 0.29) is 24.1 Å². The van der Waals surface area contributed by atoms with Crippen molar-refractivity contribution in [3.63, 3.8) is 0 Å². The second-order valence-electron chi connectivity index (χ2n) is 6.20. The molecule has 1 saturated heterocycles. The van der Waals surface area contributed by atoms with Crippen molar-refractivity contribution in [2.45, 2.75) is 31.8 Å². The van der Waals surface area contributed by atoms with Gasteiger partial charge in [-0.3, -0.25) is 18.7 Å². The minimum absolute atomic E-state index is 0.0295. The molecule has 24 heavy (non-hydrogen) atoms. The van der Waals surface area contributed by atoms with Gasteiger partial charge in [0.05, 0.1) is 0 Å². The fraction of sp³-hybridized carbons (Fsp3) is 0.389. The molecule has 2 aromatic rings. The molecule has 6 heteroatoms. The van der Waals surface area contributed by atoms with Gasteiger partial charge in [0, 0.05) is 31.9 Å². The van der Waals surface area contributed by atoms with Gasteiger partial charge in [0.25, 0.3) is 5.56 Å². The summed E-state index contributed by atoms with van der Waals surface area (Å²) in [6, 6.07) is 11.6. The Balaban J connectivity index is 1.73. The summed E-state index contributed by atoms with van der Waals surface area (Å²) in [6.07, 6.45) is 4.17. The topological polar surface area (TPSA) is 64.3 Å². The minimum atomic E-state index is -0.463. The summed E-state index contributed by atoms with van der Waals surface area (Å²) >= 11 is 0. The first-order valence-electron chi connectivity index (χ1n) is 8.16. The van der Waals surface area contributed by atoms with Crippen LogP contribution in [0.5, 0.6) is 0 Å². The van der Waals surface area contributed by atoms with Crippen LogP contribution in [0.3, 0.4) is 0 Å². The van der Waals surface area contributed by atoms with Crippen molar-refractivity contribution in [1.29, 1.82) is 0 Å². The Labute approximate surface area is 140 Å². The fourth-order valence-electron chi connectivity index (χ4n) is 3.24. The molecule has 0 bridgehead atoms. The zero-order chi connectivity index (χ0) is 17.1. The summed E-state index contributed by atoms with van der Waals surface area (Å²) in [5, 5.41) is 0. The molecule has 1 amide bonds. The number of carbonyl (C=O) groups is 1. The van der Waals surface area contributed by atoms with E-state index in [0.29, 0.717) is 0 Å². The number of hydrogen-bond donors (Lipinski definition) is 0. The molecule has 0 saturated carbocycles. The molecule has 126 valence electrons. The number of nitrogens with zero attached hydrogens (tertiary/aromatic N) is 3. The third-order valence-corrected chi connectivity index (χ3v) is 4.58. The molecule has 2 heterocycles. The number of carbonyl (C=O) groups excluding carboxylic acids is 1. The molecule has 1 aromatic carbocycles. The highest BCUT2D eigenvalue weighted by molar-refractivity contribution is 5.76. The van der Waals surface area contributed by atoms with E-state index >= 15 is 0 Å². The predicted molar refractivity (Wildman–Crippen MR) is 90.8 cm³/mol. The maximum atomic E-state index is 12.6. The summed E-state index contributed by atoms with van der Waals surface area (Å²) in [7, 11) is 1.42. The zero-order valence-electron chi connectivity index (χ0n) is 13.7. The molecule has 0 aliphatic carbocycles. The molecule has 0 radical (unpaired) electrons. The monoisotopic (exact) mass is 327 g/mol. The summed E-state index contributed by atoms with van der Waals surface area (Å²) in [5.74, 6) is -0.0748. The molecule has 1 aliphatic rings. The van der Waals surface area contributed by atoms with Crippen molar-refractivity contribution in [3.05, 3.63) is 69.0 Å². The van der Waals surface area contributed by atoms with Crippen molar-refractivity contribution in [2.75, 3.05) is 6.54 Å². The lowest BCUT2D eigenvalue weighted by molar-refractivity contribution is -0.132. The largest absolute Gasteiger partial charge is 0.338 e. The van der Waals surface area contributed by atoms with Crippen molar-refractivity contribution >= 4 is 5.91 Å². The van der Waals surface area contributed by atoms with Crippen LogP contribution in [0.2, 0.25) is 0 Å². The van der Waals surface area contributed by atoms with E-state index in [0.717, 1.165) is 30.4 Å². The van der Waals surface area contributed by atoms with Crippen molar-refractivity contribution in [2.24, 2.45) is 7.05 Å². The zero-order valence-corrected chi connectivity index (χ0v) is 13.7. The molecular formula is C18H21N3O3. The van der Waals surface area contributed by atoms with Gasteiger partial charge in [0.1, 0.15) is 6.54 Å². The first kappa shape index (κ1) is 16.2. The Kier molecular flexibility index (Phi) is 4.64. The molecule has 3 rings (SSSR count). The Morgan fingerprint density at radius 2 is 1.92 bits per heavy atom. The standard InChI is InChI=1S/C18H21N3O3/c1-19-16(22)9-11-20(18(19)24)13-17(23)21-10-5-8-15(21)12-14-6-3-2-4-7-14/h2-4,6-7,9,11,15H,5,8,10,12-13H2,1H3/t15-/m0/s1. The lowest BCUT2D eigenvalue weighted by Gasteiger charge is -2.25.